The number of carbonyl (C=O) groups excluding carboxylic acids is 1. The molecule has 66 valence electrons. The molecule has 0 aromatic rings. The predicted molar refractivity (Wildman–Crippen MR) is 24.7 cm³/mol. The van der Waals surface area contributed by atoms with E-state index in [4.69, 9.17) is 0 Å². The smallest absolute Gasteiger partial charge is 0.281 e. The van der Waals surface area contributed by atoms with Crippen LogP contribution in [-0.2, 0) is 4.79 Å². The van der Waals surface area contributed by atoms with Crippen LogP contribution < -0.4 is 0 Å². The molecule has 0 aromatic carbocycles. The van der Waals surface area contributed by atoms with E-state index in [1.165, 1.54) is 0 Å². The van der Waals surface area contributed by atoms with Crippen molar-refractivity contribution in [3.8, 4) is 0 Å². The lowest BCUT2D eigenvalue weighted by Gasteiger charge is -2.10. The van der Waals surface area contributed by atoms with Gasteiger partial charge in [0.25, 0.3) is 0 Å². The average molecular weight is 198 g/mol. The Labute approximate surface area is 61.0 Å². The summed E-state index contributed by atoms with van der Waals surface area (Å²) in [6.45, 7) is 0. The Balaban J connectivity index is 4.50. The third kappa shape index (κ3) is 2.60. The highest BCUT2D eigenvalue weighted by Crippen LogP contribution is 2.36. The molecule has 0 saturated carbocycles. The summed E-state index contributed by atoms with van der Waals surface area (Å²) in [6, 6.07) is 0. The minimum atomic E-state index is -5.71. The third-order valence-corrected chi connectivity index (χ3v) is 0.998. The van der Waals surface area contributed by atoms with E-state index in [9.17, 15) is 30.6 Å². The average Bonchev–Trinajstić information content (AvgIpc) is 1.84. The van der Waals surface area contributed by atoms with Gasteiger partial charge < -0.3 is 0 Å². The first kappa shape index (κ1) is 10.6. The molecule has 0 unspecified atom stereocenters. The summed E-state index contributed by atoms with van der Waals surface area (Å²) in [4.78, 5) is 9.58. The van der Waals surface area contributed by atoms with Crippen LogP contribution in [-0.4, -0.2) is 17.2 Å². The molecule has 0 atom stereocenters. The number of hydrogen-bond acceptors (Lipinski definition) is 2. The molecule has 0 fully saturated rings. The van der Waals surface area contributed by atoms with E-state index in [-0.39, 0.29) is 0 Å². The van der Waals surface area contributed by atoms with Crippen molar-refractivity contribution >= 4 is 17.9 Å². The molecule has 0 aliphatic carbocycles. The Morgan fingerprint density at radius 2 is 1.45 bits per heavy atom. The van der Waals surface area contributed by atoms with E-state index in [2.05, 4.69) is 0 Å². The van der Waals surface area contributed by atoms with Crippen molar-refractivity contribution in [1.29, 1.82) is 0 Å². The van der Waals surface area contributed by atoms with Crippen molar-refractivity contribution in [3.05, 3.63) is 0 Å². The Morgan fingerprint density at radius 1 is 1.09 bits per heavy atom. The summed E-state index contributed by atoms with van der Waals surface area (Å²) in [5, 5.41) is -5.03. The fourth-order valence-electron chi connectivity index (χ4n) is 0.200. The van der Waals surface area contributed by atoms with E-state index in [1.54, 1.807) is 0 Å². The van der Waals surface area contributed by atoms with Crippen LogP contribution in [0, 0.1) is 0 Å². The summed E-state index contributed by atoms with van der Waals surface area (Å²) in [5.41, 5.74) is 0. The zero-order valence-corrected chi connectivity index (χ0v) is 5.40. The van der Waals surface area contributed by atoms with E-state index >= 15 is 0 Å². The highest BCUT2D eigenvalue weighted by Gasteiger charge is 2.56. The first-order valence-electron chi connectivity index (χ1n) is 2.01. The van der Waals surface area contributed by atoms with Gasteiger partial charge in [-0.2, -0.15) is 25.8 Å². The van der Waals surface area contributed by atoms with Crippen molar-refractivity contribution in [3.63, 3.8) is 0 Å². The van der Waals surface area contributed by atoms with Gasteiger partial charge in [0.2, 0.25) is 0 Å². The molecule has 0 spiro atoms. The molecule has 0 saturated heterocycles. The first-order valence-corrected chi connectivity index (χ1v) is 2.72. The summed E-state index contributed by atoms with van der Waals surface area (Å²) in [6.07, 6.45) is -5.71. The number of Topliss-reactive ketones (excluding diaryl/α,β-unsaturated/α-hetero) is 1. The topological polar surface area (TPSA) is 17.1 Å². The Morgan fingerprint density at radius 3 is 1.55 bits per heavy atom. The highest BCUT2D eigenvalue weighted by molar-refractivity contribution is 7.96. The molecule has 0 radical (unpaired) electrons. The lowest BCUT2D eigenvalue weighted by atomic mass is 10.4. The maximum atomic E-state index is 11.6. The van der Waals surface area contributed by atoms with Crippen LogP contribution in [0.1, 0.15) is 0 Å². The van der Waals surface area contributed by atoms with Crippen LogP contribution in [0.15, 0.2) is 0 Å². The molecule has 8 heteroatoms. The van der Waals surface area contributed by atoms with Crippen molar-refractivity contribution < 1.29 is 30.6 Å². The van der Waals surface area contributed by atoms with Gasteiger partial charge in [0.1, 0.15) is 12.1 Å². The van der Waals surface area contributed by atoms with Gasteiger partial charge in [-0.3, -0.25) is 4.79 Å². The van der Waals surface area contributed by atoms with E-state index < -0.39 is 29.4 Å². The summed E-state index contributed by atoms with van der Waals surface area (Å²) in [5.74, 6) is -3.39. The maximum Gasteiger partial charge on any atom is 0.457 e. The molecule has 0 aromatic heterocycles. The van der Waals surface area contributed by atoms with Crippen molar-refractivity contribution in [1.82, 2.24) is 0 Å². The lowest BCUT2D eigenvalue weighted by molar-refractivity contribution is -0.185. The fraction of sp³-hybridized carbons (Fsp3) is 0.667. The third-order valence-electron chi connectivity index (χ3n) is 0.619. The normalized spacial score (nSPS) is 13.3. The summed E-state index contributed by atoms with van der Waals surface area (Å²) >= 11 is -1.94. The summed E-state index contributed by atoms with van der Waals surface area (Å²) in [7, 11) is 0. The van der Waals surface area contributed by atoms with Crippen LogP contribution in [0.5, 0.6) is 0 Å². The molecule has 0 amide bonds. The zero-order valence-electron chi connectivity index (χ0n) is 4.58. The molecule has 0 heterocycles. The van der Waals surface area contributed by atoms with Gasteiger partial charge in [-0.15, -0.1) is 0 Å². The van der Waals surface area contributed by atoms with Gasteiger partial charge in [-0.1, -0.05) is 0 Å². The van der Waals surface area contributed by atoms with Crippen molar-refractivity contribution in [2.24, 2.45) is 0 Å². The van der Waals surface area contributed by atoms with E-state index in [1.807, 2.05) is 0 Å². The SMILES string of the molecule is O=C(C(F)(F)F)C(F)(F)SF. The second-order valence-electron chi connectivity index (χ2n) is 1.42. The van der Waals surface area contributed by atoms with Gasteiger partial charge in [-0.25, -0.2) is 0 Å². The lowest BCUT2D eigenvalue weighted by Crippen LogP contribution is -2.36. The molecule has 0 N–H and O–H groups in total. The Hall–Kier alpha value is -0.400. The van der Waals surface area contributed by atoms with E-state index in [0.717, 1.165) is 0 Å². The molecule has 0 aliphatic rings. The molecule has 11 heavy (non-hydrogen) atoms. The van der Waals surface area contributed by atoms with Crippen molar-refractivity contribution in [2.75, 3.05) is 0 Å². The quantitative estimate of drug-likeness (QED) is 0.633. The number of alkyl halides is 5. The minimum absolute atomic E-state index is 1.94. The monoisotopic (exact) mass is 198 g/mol. The Kier molecular flexibility index (Phi) is 2.81. The molecule has 0 rings (SSSR count). The fourth-order valence-corrected chi connectivity index (χ4v) is 0.386. The van der Waals surface area contributed by atoms with Crippen molar-refractivity contribution in [2.45, 2.75) is 11.4 Å². The number of halogens is 6. The van der Waals surface area contributed by atoms with Crippen LogP contribution in [0.2, 0.25) is 0 Å². The zero-order chi connectivity index (χ0) is 9.28. The predicted octanol–water partition coefficient (Wildman–Crippen LogP) is 2.33. The van der Waals surface area contributed by atoms with Gasteiger partial charge in [-0.05, 0) is 0 Å². The first-order chi connectivity index (χ1) is 4.72. The number of rotatable bonds is 2. The van der Waals surface area contributed by atoms with Crippen LogP contribution in [0.4, 0.5) is 25.8 Å². The van der Waals surface area contributed by atoms with Gasteiger partial charge in [0.15, 0.2) is 0 Å². The van der Waals surface area contributed by atoms with Gasteiger partial charge in [0, 0.05) is 0 Å². The molecular formula is C3F6OS. The second kappa shape index (κ2) is 2.92. The van der Waals surface area contributed by atoms with Gasteiger partial charge in [0.05, 0.1) is 0 Å². The van der Waals surface area contributed by atoms with Gasteiger partial charge >= 0.3 is 17.2 Å². The van der Waals surface area contributed by atoms with Crippen LogP contribution >= 0.6 is 12.1 Å². The maximum absolute atomic E-state index is 11.6. The summed E-state index contributed by atoms with van der Waals surface area (Å²) < 4.78 is 67.5. The number of carbonyl (C=O) groups is 1. The molecule has 0 bridgehead atoms. The largest absolute Gasteiger partial charge is 0.457 e. The molecule has 1 nitrogen and oxygen atoms in total. The second-order valence-corrected chi connectivity index (χ2v) is 2.09. The number of hydrogen-bond donors (Lipinski definition) is 0. The van der Waals surface area contributed by atoms with Crippen LogP contribution in [0.3, 0.4) is 0 Å². The molecule has 0 aliphatic heterocycles. The van der Waals surface area contributed by atoms with Crippen LogP contribution in [0.25, 0.3) is 0 Å². The standard InChI is InChI=1S/C3F6OS/c4-2(5,6)1(10)3(7,8)11-9. The highest BCUT2D eigenvalue weighted by atomic mass is 32.2. The Bertz CT molecular complexity index is 162. The number of ketones is 1. The minimum Gasteiger partial charge on any atom is -0.281 e. The molecular weight excluding hydrogens is 198 g/mol. The van der Waals surface area contributed by atoms with E-state index in [0.29, 0.717) is 0 Å².